The molecule has 2 aliphatic rings. The molecule has 2 aliphatic heterocycles. The van der Waals surface area contributed by atoms with Gasteiger partial charge in [-0.15, -0.1) is 0 Å². The summed E-state index contributed by atoms with van der Waals surface area (Å²) in [7, 11) is 0. The number of carbonyl (C=O) groups is 1. The molecule has 0 saturated carbocycles. The van der Waals surface area contributed by atoms with Crippen molar-refractivity contribution < 1.29 is 53.3 Å². The normalized spacial score (nSPS) is 17.5. The molecule has 0 unspecified atom stereocenters. The minimum absolute atomic E-state index is 0. The molecule has 5 rings (SSSR count). The van der Waals surface area contributed by atoms with Gasteiger partial charge in [-0.05, 0) is 49.1 Å². The minimum atomic E-state index is -1.06. The van der Waals surface area contributed by atoms with E-state index in [1.54, 1.807) is 6.07 Å². The van der Waals surface area contributed by atoms with Crippen LogP contribution < -0.4 is 49.0 Å². The first kappa shape index (κ1) is 25.5. The van der Waals surface area contributed by atoms with Crippen molar-refractivity contribution in [2.75, 3.05) is 24.7 Å². The van der Waals surface area contributed by atoms with Crippen molar-refractivity contribution in [3.05, 3.63) is 77.2 Å². The molecular formula is C27H26FN2NaO4. The third kappa shape index (κ3) is 5.32. The zero-order valence-corrected chi connectivity index (χ0v) is 22.0. The number of halogens is 1. The van der Waals surface area contributed by atoms with Crippen LogP contribution in [0.25, 0.3) is 0 Å². The molecule has 3 heterocycles. The van der Waals surface area contributed by atoms with Crippen molar-refractivity contribution in [1.82, 2.24) is 4.98 Å². The van der Waals surface area contributed by atoms with Crippen LogP contribution >= 0.6 is 0 Å². The van der Waals surface area contributed by atoms with E-state index in [2.05, 4.69) is 22.9 Å². The van der Waals surface area contributed by atoms with Crippen LogP contribution in [0.2, 0.25) is 0 Å². The molecule has 6 nitrogen and oxygen atoms in total. The summed E-state index contributed by atoms with van der Waals surface area (Å²) in [5, 5.41) is 11.0. The zero-order valence-electron chi connectivity index (χ0n) is 20.0. The van der Waals surface area contributed by atoms with Crippen molar-refractivity contribution in [2.45, 2.75) is 38.0 Å². The number of aromatic nitrogens is 1. The van der Waals surface area contributed by atoms with Gasteiger partial charge in [-0.1, -0.05) is 31.2 Å². The third-order valence-corrected chi connectivity index (χ3v) is 6.47. The summed E-state index contributed by atoms with van der Waals surface area (Å²) < 4.78 is 25.4. The standard InChI is InChI=1S/C27H27FN2O4.Na/c1-2-10-30(25-9-7-20(28)14-29-25)23-5-3-4-22-18(16-34-27(22)23)11-17-6-8-21-19(13-26(31)32)15-33-24(21)12-17;/h3-9,12,14,18-19H,2,10-11,13,15-16H2,1H3,(H,31,32);/q;+1/p-1/t18-,19-;/m1./s1. The van der Waals surface area contributed by atoms with E-state index in [1.165, 1.54) is 12.3 Å². The molecule has 2 aromatic carbocycles. The predicted octanol–water partition coefficient (Wildman–Crippen LogP) is 1.11. The van der Waals surface area contributed by atoms with E-state index >= 15 is 0 Å². The first-order valence-corrected chi connectivity index (χ1v) is 11.6. The Morgan fingerprint density at radius 3 is 2.69 bits per heavy atom. The maximum absolute atomic E-state index is 13.4. The van der Waals surface area contributed by atoms with Gasteiger partial charge in [0.1, 0.15) is 23.1 Å². The van der Waals surface area contributed by atoms with Crippen LogP contribution in [0.4, 0.5) is 15.9 Å². The number of hydrogen-bond donors (Lipinski definition) is 0. The van der Waals surface area contributed by atoms with Crippen LogP contribution in [0.1, 0.15) is 48.3 Å². The van der Waals surface area contributed by atoms with Gasteiger partial charge in [-0.2, -0.15) is 0 Å². The number of benzene rings is 2. The topological polar surface area (TPSA) is 74.7 Å². The van der Waals surface area contributed by atoms with Crippen molar-refractivity contribution >= 4 is 17.5 Å². The van der Waals surface area contributed by atoms with Gasteiger partial charge in [0.05, 0.1) is 25.1 Å². The maximum Gasteiger partial charge on any atom is 1.00 e. The average Bonchev–Trinajstić information content (AvgIpc) is 3.42. The first-order chi connectivity index (χ1) is 16.5. The molecular weight excluding hydrogens is 458 g/mol. The van der Waals surface area contributed by atoms with Gasteiger partial charge in [0.15, 0.2) is 0 Å². The Bertz CT molecular complexity index is 1200. The summed E-state index contributed by atoms with van der Waals surface area (Å²) in [5.74, 6) is 0.889. The van der Waals surface area contributed by atoms with Crippen molar-refractivity contribution in [1.29, 1.82) is 0 Å². The minimum Gasteiger partial charge on any atom is -0.550 e. The SMILES string of the molecule is CCCN(c1ccc(F)cn1)c1cccc2c1OC[C@H]2Cc1ccc2c(c1)OC[C@H]2CC(=O)[O-].[Na+]. The molecule has 0 spiro atoms. The van der Waals surface area contributed by atoms with E-state index in [0.717, 1.165) is 53.3 Å². The van der Waals surface area contributed by atoms with E-state index in [4.69, 9.17) is 9.47 Å². The Hall–Kier alpha value is -2.61. The van der Waals surface area contributed by atoms with Crippen molar-refractivity contribution in [3.63, 3.8) is 0 Å². The van der Waals surface area contributed by atoms with E-state index in [-0.39, 0.29) is 53.6 Å². The molecule has 0 bridgehead atoms. The van der Waals surface area contributed by atoms with Gasteiger partial charge in [0, 0.05) is 35.5 Å². The first-order valence-electron chi connectivity index (χ1n) is 11.6. The Kier molecular flexibility index (Phi) is 7.99. The second-order valence-corrected chi connectivity index (χ2v) is 8.85. The van der Waals surface area contributed by atoms with E-state index in [1.807, 2.05) is 30.3 Å². The molecule has 1 aromatic heterocycles. The number of rotatable bonds is 8. The average molecular weight is 485 g/mol. The summed E-state index contributed by atoms with van der Waals surface area (Å²) in [6, 6.07) is 15.3. The molecule has 0 N–H and O–H groups in total. The Morgan fingerprint density at radius 2 is 1.94 bits per heavy atom. The van der Waals surface area contributed by atoms with E-state index in [0.29, 0.717) is 19.0 Å². The van der Waals surface area contributed by atoms with Crippen LogP contribution in [0.15, 0.2) is 54.7 Å². The molecule has 0 aliphatic carbocycles. The summed E-state index contributed by atoms with van der Waals surface area (Å²) in [6.45, 7) is 3.76. The van der Waals surface area contributed by atoms with Crippen LogP contribution in [0.5, 0.6) is 11.5 Å². The quantitative estimate of drug-likeness (QED) is 0.446. The van der Waals surface area contributed by atoms with Crippen LogP contribution in [-0.4, -0.2) is 30.7 Å². The molecule has 0 fully saturated rings. The molecule has 176 valence electrons. The monoisotopic (exact) mass is 484 g/mol. The van der Waals surface area contributed by atoms with Gasteiger partial charge in [0.25, 0.3) is 0 Å². The van der Waals surface area contributed by atoms with Gasteiger partial charge in [-0.3, -0.25) is 0 Å². The zero-order chi connectivity index (χ0) is 23.7. The fraction of sp³-hybridized carbons (Fsp3) is 0.333. The summed E-state index contributed by atoms with van der Waals surface area (Å²) in [6.07, 6.45) is 2.88. The second-order valence-electron chi connectivity index (χ2n) is 8.85. The number of ether oxygens (including phenoxy) is 2. The molecule has 35 heavy (non-hydrogen) atoms. The van der Waals surface area contributed by atoms with Crippen molar-refractivity contribution in [2.24, 2.45) is 0 Å². The Labute approximate surface area is 226 Å². The number of hydrogen-bond acceptors (Lipinski definition) is 6. The fourth-order valence-corrected chi connectivity index (χ4v) is 4.89. The Morgan fingerprint density at radius 1 is 1.11 bits per heavy atom. The number of para-hydroxylation sites is 1. The van der Waals surface area contributed by atoms with Crippen LogP contribution in [-0.2, 0) is 11.2 Å². The molecule has 0 saturated heterocycles. The molecule has 2 atom stereocenters. The van der Waals surface area contributed by atoms with Gasteiger partial charge >= 0.3 is 29.6 Å². The number of carbonyl (C=O) groups excluding carboxylic acids is 1. The molecule has 0 radical (unpaired) electrons. The number of pyridine rings is 1. The van der Waals surface area contributed by atoms with Crippen LogP contribution in [0.3, 0.4) is 0 Å². The van der Waals surface area contributed by atoms with Crippen molar-refractivity contribution in [3.8, 4) is 11.5 Å². The van der Waals surface area contributed by atoms with Gasteiger partial charge in [-0.25, -0.2) is 9.37 Å². The summed E-state index contributed by atoms with van der Waals surface area (Å²) in [4.78, 5) is 17.4. The van der Waals surface area contributed by atoms with Gasteiger partial charge < -0.3 is 24.3 Å². The predicted molar refractivity (Wildman–Crippen MR) is 124 cm³/mol. The second kappa shape index (κ2) is 11.0. The van der Waals surface area contributed by atoms with E-state index in [9.17, 15) is 14.3 Å². The Balaban J connectivity index is 0.00000289. The molecule has 3 aromatic rings. The molecule has 8 heteroatoms. The number of nitrogens with zero attached hydrogens (tertiary/aromatic N) is 2. The molecule has 0 amide bonds. The van der Waals surface area contributed by atoms with Crippen LogP contribution in [0, 0.1) is 5.82 Å². The van der Waals surface area contributed by atoms with Gasteiger partial charge in [0.2, 0.25) is 0 Å². The summed E-state index contributed by atoms with van der Waals surface area (Å²) >= 11 is 0. The number of carboxylic acids is 1. The van der Waals surface area contributed by atoms with E-state index < -0.39 is 5.97 Å². The third-order valence-electron chi connectivity index (χ3n) is 6.47. The number of fused-ring (bicyclic) bond motifs is 2. The number of carboxylic acid groups (broad SMARTS) is 1. The fourth-order valence-electron chi connectivity index (χ4n) is 4.89. The largest absolute Gasteiger partial charge is 1.00 e. The summed E-state index contributed by atoms with van der Waals surface area (Å²) in [5.41, 5.74) is 4.12. The maximum atomic E-state index is 13.4. The number of aliphatic carboxylic acids is 1. The smallest absolute Gasteiger partial charge is 0.550 e. The number of anilines is 2.